The first-order valence-corrected chi connectivity index (χ1v) is 19.9. The minimum absolute atomic E-state index is 1.25. The molecule has 1 rings (SSSR count). The van der Waals surface area contributed by atoms with Crippen LogP contribution in [0.2, 0.25) is 0 Å². The van der Waals surface area contributed by atoms with Crippen LogP contribution >= 0.6 is 0 Å². The van der Waals surface area contributed by atoms with Gasteiger partial charge in [-0.2, -0.15) is 0 Å². The lowest BCUT2D eigenvalue weighted by atomic mass is 9.99. The number of hydrogen-bond acceptors (Lipinski definition) is 0. The molecule has 1 aromatic carbocycles. The van der Waals surface area contributed by atoms with Crippen LogP contribution in [0, 0.1) is 6.07 Å². The van der Waals surface area contributed by atoms with E-state index in [0.717, 1.165) is 0 Å². The molecular formula is C42H77. The van der Waals surface area contributed by atoms with E-state index in [1.54, 1.807) is 0 Å². The van der Waals surface area contributed by atoms with E-state index in [1.165, 1.54) is 229 Å². The minimum Gasteiger partial charge on any atom is -0.0654 e. The average molecular weight is 582 g/mol. The van der Waals surface area contributed by atoms with Crippen molar-refractivity contribution in [2.45, 2.75) is 232 Å². The lowest BCUT2D eigenvalue weighted by Gasteiger charge is -2.07. The maximum absolute atomic E-state index is 3.44. The summed E-state index contributed by atoms with van der Waals surface area (Å²) in [5, 5.41) is 0. The number of unbranched alkanes of at least 4 members (excludes halogenated alkanes) is 30. The largest absolute Gasteiger partial charge is 0.0654 e. The lowest BCUT2D eigenvalue weighted by molar-refractivity contribution is 0.529. The van der Waals surface area contributed by atoms with Crippen LogP contribution in [0.1, 0.15) is 230 Å². The van der Waals surface area contributed by atoms with Gasteiger partial charge in [-0.05, 0) is 42.9 Å². The van der Waals surface area contributed by atoms with Gasteiger partial charge in [0.2, 0.25) is 0 Å². The van der Waals surface area contributed by atoms with Gasteiger partial charge in [-0.3, -0.25) is 0 Å². The second kappa shape index (κ2) is 33.1. The average Bonchev–Trinajstić information content (AvgIpc) is 3.01. The van der Waals surface area contributed by atoms with E-state index >= 15 is 0 Å². The maximum atomic E-state index is 3.44. The fourth-order valence-corrected chi connectivity index (χ4v) is 6.62. The molecule has 0 aliphatic carbocycles. The Balaban J connectivity index is 1.84. The van der Waals surface area contributed by atoms with Crippen LogP contribution in [0.25, 0.3) is 0 Å². The Bertz CT molecular complexity index is 579. The second-order valence-electron chi connectivity index (χ2n) is 13.9. The van der Waals surface area contributed by atoms with Crippen molar-refractivity contribution in [3.63, 3.8) is 0 Å². The fourth-order valence-electron chi connectivity index (χ4n) is 6.62. The molecule has 0 heterocycles. The number of rotatable bonds is 34. The first-order valence-electron chi connectivity index (χ1n) is 19.9. The first-order chi connectivity index (χ1) is 20.9. The Morgan fingerprint density at radius 3 is 0.762 bits per heavy atom. The van der Waals surface area contributed by atoms with Gasteiger partial charge in [-0.1, -0.05) is 225 Å². The van der Waals surface area contributed by atoms with E-state index < -0.39 is 0 Å². The summed E-state index contributed by atoms with van der Waals surface area (Å²) in [6.45, 7) is 4.61. The molecule has 0 unspecified atom stereocenters. The van der Waals surface area contributed by atoms with Gasteiger partial charge in [-0.15, -0.1) is 0 Å². The van der Waals surface area contributed by atoms with E-state index in [-0.39, 0.29) is 0 Å². The molecule has 42 heavy (non-hydrogen) atoms. The first kappa shape index (κ1) is 39.2. The monoisotopic (exact) mass is 582 g/mol. The summed E-state index contributed by atoms with van der Waals surface area (Å²) < 4.78 is 0. The Morgan fingerprint density at radius 1 is 0.310 bits per heavy atom. The number of hydrogen-bond donors (Lipinski definition) is 0. The summed E-state index contributed by atoms with van der Waals surface area (Å²) in [6, 6.07) is 10.4. The van der Waals surface area contributed by atoms with Gasteiger partial charge >= 0.3 is 0 Å². The lowest BCUT2D eigenvalue weighted by Crippen LogP contribution is -1.91. The summed E-state index contributed by atoms with van der Waals surface area (Å²) >= 11 is 0. The quantitative estimate of drug-likeness (QED) is 0.0710. The molecule has 0 fully saturated rings. The Morgan fingerprint density at radius 2 is 0.524 bits per heavy atom. The van der Waals surface area contributed by atoms with Gasteiger partial charge in [0.1, 0.15) is 0 Å². The molecule has 0 bridgehead atoms. The predicted molar refractivity (Wildman–Crippen MR) is 192 cm³/mol. The molecular weight excluding hydrogens is 504 g/mol. The zero-order valence-electron chi connectivity index (χ0n) is 29.3. The van der Waals surface area contributed by atoms with Crippen LogP contribution in [0.15, 0.2) is 18.2 Å². The third kappa shape index (κ3) is 28.0. The van der Waals surface area contributed by atoms with Crippen LogP contribution in [0.4, 0.5) is 0 Å². The minimum atomic E-state index is 1.25. The van der Waals surface area contributed by atoms with Crippen LogP contribution in [-0.2, 0) is 12.8 Å². The van der Waals surface area contributed by atoms with Crippen molar-refractivity contribution in [2.75, 3.05) is 0 Å². The maximum Gasteiger partial charge on any atom is -0.0178 e. The molecule has 0 atom stereocenters. The van der Waals surface area contributed by atoms with E-state index in [9.17, 15) is 0 Å². The molecule has 0 nitrogen and oxygen atoms in total. The third-order valence-corrected chi connectivity index (χ3v) is 9.55. The topological polar surface area (TPSA) is 0 Å². The molecule has 0 amide bonds. The highest BCUT2D eigenvalue weighted by Gasteiger charge is 2.00. The van der Waals surface area contributed by atoms with Gasteiger partial charge in [0, 0.05) is 0 Å². The van der Waals surface area contributed by atoms with E-state index in [4.69, 9.17) is 0 Å². The van der Waals surface area contributed by atoms with E-state index in [2.05, 4.69) is 38.1 Å². The molecule has 0 aliphatic heterocycles. The zero-order valence-corrected chi connectivity index (χ0v) is 29.3. The highest BCUT2D eigenvalue weighted by Crippen LogP contribution is 2.17. The highest BCUT2D eigenvalue weighted by atomic mass is 14.1. The summed E-state index contributed by atoms with van der Waals surface area (Å²) in [7, 11) is 0. The van der Waals surface area contributed by atoms with Crippen molar-refractivity contribution in [1.29, 1.82) is 0 Å². The van der Waals surface area contributed by atoms with Crippen molar-refractivity contribution < 1.29 is 0 Å². The summed E-state index contributed by atoms with van der Waals surface area (Å²) in [5.74, 6) is 0. The Labute approximate surface area is 267 Å². The van der Waals surface area contributed by atoms with Gasteiger partial charge in [-0.25, -0.2) is 0 Å². The Hall–Kier alpha value is -0.780. The molecule has 0 saturated carbocycles. The summed E-state index contributed by atoms with van der Waals surface area (Å²) in [5.41, 5.74) is 3.05. The molecule has 245 valence electrons. The normalized spacial score (nSPS) is 11.5. The van der Waals surface area contributed by atoms with Crippen molar-refractivity contribution >= 4 is 0 Å². The fraction of sp³-hybridized carbons (Fsp3) is 0.857. The van der Waals surface area contributed by atoms with Crippen molar-refractivity contribution in [3.8, 4) is 0 Å². The molecule has 0 heteroatoms. The zero-order chi connectivity index (χ0) is 30.0. The van der Waals surface area contributed by atoms with Gasteiger partial charge in [0.05, 0.1) is 0 Å². The highest BCUT2D eigenvalue weighted by molar-refractivity contribution is 5.22. The summed E-state index contributed by atoms with van der Waals surface area (Å²) in [6.07, 6.45) is 48.8. The van der Waals surface area contributed by atoms with Crippen LogP contribution < -0.4 is 0 Å². The molecule has 1 aromatic rings. The standard InChI is InChI=1S/C42H77/c1-3-5-7-9-11-13-15-17-19-21-23-25-27-29-31-33-36-41-38-35-39-42(40-41)37-34-32-30-28-26-24-22-20-18-16-14-12-10-8-6-4-2/h38-40H,3-34,36-37H2,1-2H3. The smallest absolute Gasteiger partial charge is 0.0178 e. The molecule has 1 radical (unpaired) electrons. The number of aryl methyl sites for hydroxylation is 2. The Kier molecular flexibility index (Phi) is 30.9. The third-order valence-electron chi connectivity index (χ3n) is 9.55. The van der Waals surface area contributed by atoms with E-state index in [1.807, 2.05) is 0 Å². The molecule has 0 N–H and O–H groups in total. The van der Waals surface area contributed by atoms with Crippen molar-refractivity contribution in [2.24, 2.45) is 0 Å². The van der Waals surface area contributed by atoms with Gasteiger partial charge < -0.3 is 0 Å². The SMILES string of the molecule is CCCCCCCCCCCCCCCCCCc1c[c]cc(CCCCCCCCCCCCCCCCCC)c1. The van der Waals surface area contributed by atoms with Crippen LogP contribution in [0.3, 0.4) is 0 Å². The van der Waals surface area contributed by atoms with Crippen LogP contribution in [-0.4, -0.2) is 0 Å². The predicted octanol–water partition coefficient (Wildman–Crippen LogP) is 15.1. The molecule has 0 saturated heterocycles. The molecule has 0 aromatic heterocycles. The second-order valence-corrected chi connectivity index (χ2v) is 13.9. The van der Waals surface area contributed by atoms with E-state index in [0.29, 0.717) is 0 Å². The number of benzene rings is 1. The van der Waals surface area contributed by atoms with Gasteiger partial charge in [0.15, 0.2) is 0 Å². The van der Waals surface area contributed by atoms with Crippen LogP contribution in [0.5, 0.6) is 0 Å². The van der Waals surface area contributed by atoms with Crippen molar-refractivity contribution in [1.82, 2.24) is 0 Å². The van der Waals surface area contributed by atoms with Crippen molar-refractivity contribution in [3.05, 3.63) is 35.4 Å². The van der Waals surface area contributed by atoms with Gasteiger partial charge in [0.25, 0.3) is 0 Å². The summed E-state index contributed by atoms with van der Waals surface area (Å²) in [4.78, 5) is 0. The molecule has 0 aliphatic rings. The molecule has 0 spiro atoms.